The summed E-state index contributed by atoms with van der Waals surface area (Å²) in [7, 11) is -14.1. The Bertz CT molecular complexity index is 5110. The van der Waals surface area contributed by atoms with Crippen LogP contribution in [0.4, 0.5) is 22.7 Å². The Labute approximate surface area is 662 Å². The number of hydrogen-bond donors (Lipinski definition) is 9. The minimum Gasteiger partial charge on any atom is -0.454 e. The van der Waals surface area contributed by atoms with Crippen molar-refractivity contribution in [2.75, 3.05) is 47.4 Å². The lowest BCUT2D eigenvalue weighted by Crippen LogP contribution is -2.20. The van der Waals surface area contributed by atoms with Crippen LogP contribution in [0.5, 0.6) is 46.0 Å². The molecule has 0 fully saturated rings. The second kappa shape index (κ2) is 42.8. The van der Waals surface area contributed by atoms with Crippen LogP contribution in [-0.2, 0) is 64.2 Å². The second-order valence-corrected chi connectivity index (χ2v) is 33.9. The first-order chi connectivity index (χ1) is 52.8. The molecule has 0 atom stereocenters. The third-order valence-electron chi connectivity index (χ3n) is 16.1. The van der Waals surface area contributed by atoms with Crippen molar-refractivity contribution < 1.29 is 57.7 Å². The molecule has 0 amide bonds. The van der Waals surface area contributed by atoms with Gasteiger partial charge in [-0.3, -0.25) is 0 Å². The number of primary sulfonamides is 4. The molecule has 0 aliphatic heterocycles. The number of aromatic nitrogens is 4. The van der Waals surface area contributed by atoms with Crippen LogP contribution < -0.4 is 60.8 Å². The molecular formula is C80H100N12O13S6. The first-order valence-corrected chi connectivity index (χ1v) is 44.0. The van der Waals surface area contributed by atoms with Gasteiger partial charge in [0.2, 0.25) is 40.1 Å². The van der Waals surface area contributed by atoms with Gasteiger partial charge in [-0.05, 0) is 172 Å². The Morgan fingerprint density at radius 2 is 0.775 bits per heavy atom. The third-order valence-corrected chi connectivity index (χ3v) is 21.8. The highest BCUT2D eigenvalue weighted by molar-refractivity contribution is 7.98. The monoisotopic (exact) mass is 1630 g/mol. The van der Waals surface area contributed by atoms with E-state index in [1.165, 1.54) is 35.7 Å². The van der Waals surface area contributed by atoms with Crippen LogP contribution >= 0.6 is 23.5 Å². The summed E-state index contributed by atoms with van der Waals surface area (Å²) in [5, 5.41) is 46.9. The van der Waals surface area contributed by atoms with Crippen molar-refractivity contribution in [3.8, 4) is 46.0 Å². The van der Waals surface area contributed by atoms with Gasteiger partial charge in [0.15, 0.2) is 33.3 Å². The zero-order chi connectivity index (χ0) is 80.8. The highest BCUT2D eigenvalue weighted by atomic mass is 32.2. The predicted octanol–water partition coefficient (Wildman–Crippen LogP) is 16.7. The topological polar surface area (TPSA) is 390 Å². The number of hydrogen-bond acceptors (Lipinski definition) is 22. The lowest BCUT2D eigenvalue weighted by Gasteiger charge is -2.23. The summed E-state index contributed by atoms with van der Waals surface area (Å²) in [6.07, 6.45) is 14.7. The lowest BCUT2D eigenvalue weighted by molar-refractivity contribution is 0.0783. The number of aliphatic hydroxyl groups is 1. The van der Waals surface area contributed by atoms with Crippen molar-refractivity contribution in [1.29, 1.82) is 0 Å². The molecular weight excluding hydrogens is 1530 g/mol. The number of imidazole rings is 1. The van der Waals surface area contributed by atoms with Gasteiger partial charge in [-0.2, -0.15) is 0 Å². The maximum Gasteiger partial charge on any atom is 0.241 e. The van der Waals surface area contributed by atoms with Gasteiger partial charge in [-0.1, -0.05) is 162 Å². The number of ether oxygens (including phenoxy) is 4. The highest BCUT2D eigenvalue weighted by Crippen LogP contribution is 2.43. The molecule has 0 aliphatic carbocycles. The first kappa shape index (κ1) is 88.7. The Kier molecular flexibility index (Phi) is 34.2. The number of allylic oxidation sites excluding steroid dienone is 1. The van der Waals surface area contributed by atoms with Crippen LogP contribution in [0, 0.1) is 0 Å². The van der Waals surface area contributed by atoms with Gasteiger partial charge in [0.05, 0.1) is 28.4 Å². The maximum absolute atomic E-state index is 12.4. The van der Waals surface area contributed by atoms with Crippen molar-refractivity contribution >= 4 is 91.9 Å². The van der Waals surface area contributed by atoms with E-state index in [1.807, 2.05) is 104 Å². The normalized spacial score (nSPS) is 11.5. The number of benzene rings is 8. The SMILES string of the molecule is C=C(C)c1cc(NCCCC)c(Oc2ccccc2)c(S(N)(=O)=O)c1.CCCCNc1cc(C(C)(C)O)cc(S(N)(=O)=O)c1Oc1ccccc1.CCCCNc1cc(CSc2ncccn2)cc(S(N)(=O)=O)c1Oc1ccccc1.CCCCNc1cc(CSc2nccn2C)cc(S(N)(=O)=O)c1Oc1ccccc1. The number of nitrogens with two attached hydrogens (primary N) is 4. The number of nitrogens with one attached hydrogen (secondary N) is 4. The van der Waals surface area contributed by atoms with E-state index in [2.05, 4.69) is 70.5 Å². The van der Waals surface area contributed by atoms with Gasteiger partial charge in [0.1, 0.15) is 42.6 Å². The molecule has 0 unspecified atom stereocenters. The number of anilines is 4. The van der Waals surface area contributed by atoms with E-state index in [4.69, 9.17) is 39.5 Å². The largest absolute Gasteiger partial charge is 0.454 e. The molecule has 0 bridgehead atoms. The van der Waals surface area contributed by atoms with Crippen molar-refractivity contribution in [3.05, 3.63) is 230 Å². The summed E-state index contributed by atoms with van der Waals surface area (Å²) in [5.41, 5.74) is 4.48. The number of unbranched alkanes of at least 4 members (excludes halogenated alkanes) is 4. The third kappa shape index (κ3) is 28.6. The average Bonchev–Trinajstić information content (AvgIpc) is 0.960. The lowest BCUT2D eigenvalue weighted by atomic mass is 9.97. The molecule has 594 valence electrons. The molecule has 0 spiro atoms. The van der Waals surface area contributed by atoms with Gasteiger partial charge in [0.25, 0.3) is 0 Å². The van der Waals surface area contributed by atoms with E-state index < -0.39 is 45.7 Å². The summed E-state index contributed by atoms with van der Waals surface area (Å²) < 4.78 is 124. The molecule has 0 saturated carbocycles. The van der Waals surface area contributed by atoms with Gasteiger partial charge >= 0.3 is 0 Å². The van der Waals surface area contributed by atoms with E-state index in [0.717, 1.165) is 73.2 Å². The standard InChI is InChI=1S/C21H26N4O3S2.C21H24N4O3S2.C19H26N2O4S.C19H24N2O3S/c1-3-4-10-23-18-13-16(15-29-21-24-11-12-25(21)2)14-19(30(22,26)27)20(18)28-17-8-6-5-7-9-17;1-2-3-10-23-18-13-16(15-29-21-24-11-7-12-25-21)14-19(30(22,26)27)20(18)28-17-8-5-4-6-9-17;1-4-5-11-21-16-12-14(19(2,3)22)13-17(26(20,23)24)18(16)25-15-9-7-6-8-10-15;1-4-5-11-21-17-12-15(14(2)3)13-18(25(20,22)23)19(17)24-16-9-7-6-8-10-16/h5-9,11-14,23H,3-4,10,15H2,1-2H3,(H2,22,26,27);4-9,11-14,23H,2-3,10,15H2,1H3,(H2,22,26,27);6-10,12-13,21-22H,4-5,11H2,1-3H3,(H2,20,23,24);6-10,12-13,21H,2,4-5,11H2,1,3H3,(H2,20,22,23). The van der Waals surface area contributed by atoms with E-state index in [9.17, 15) is 38.8 Å². The number of nitrogens with zero attached hydrogens (tertiary/aromatic N) is 4. The Morgan fingerprint density at radius 1 is 0.450 bits per heavy atom. The van der Waals surface area contributed by atoms with Crippen LogP contribution in [0.2, 0.25) is 0 Å². The summed E-state index contributed by atoms with van der Waals surface area (Å²) in [5.74, 6) is 3.87. The zero-order valence-electron chi connectivity index (χ0n) is 63.6. The zero-order valence-corrected chi connectivity index (χ0v) is 68.5. The molecule has 25 nitrogen and oxygen atoms in total. The number of sulfonamides is 4. The average molecular weight is 1630 g/mol. The summed E-state index contributed by atoms with van der Waals surface area (Å²) in [6.45, 7) is 19.9. The smallest absolute Gasteiger partial charge is 0.241 e. The molecule has 0 saturated heterocycles. The van der Waals surface area contributed by atoms with Crippen LogP contribution in [0.25, 0.3) is 5.57 Å². The Hall–Kier alpha value is -9.51. The molecule has 10 aromatic rings. The summed E-state index contributed by atoms with van der Waals surface area (Å²) >= 11 is 2.93. The molecule has 10 rings (SSSR count). The van der Waals surface area contributed by atoms with Crippen molar-refractivity contribution in [1.82, 2.24) is 19.5 Å². The number of aryl methyl sites for hydroxylation is 1. The van der Waals surface area contributed by atoms with Crippen LogP contribution in [0.3, 0.4) is 0 Å². The molecule has 111 heavy (non-hydrogen) atoms. The summed E-state index contributed by atoms with van der Waals surface area (Å²) in [6, 6.07) is 51.1. The molecule has 31 heteroatoms. The molecule has 0 radical (unpaired) electrons. The van der Waals surface area contributed by atoms with Crippen molar-refractivity contribution in [3.63, 3.8) is 0 Å². The molecule has 2 heterocycles. The van der Waals surface area contributed by atoms with Gasteiger partial charge in [0, 0.05) is 69.5 Å². The van der Waals surface area contributed by atoms with Gasteiger partial charge < -0.3 is 49.9 Å². The summed E-state index contributed by atoms with van der Waals surface area (Å²) in [4.78, 5) is 12.4. The van der Waals surface area contributed by atoms with Gasteiger partial charge in [-0.25, -0.2) is 69.2 Å². The molecule has 2 aromatic heterocycles. The maximum atomic E-state index is 12.4. The fourth-order valence-corrected chi connectivity index (χ4v) is 14.7. The predicted molar refractivity (Wildman–Crippen MR) is 445 cm³/mol. The Balaban J connectivity index is 0.000000206. The first-order valence-electron chi connectivity index (χ1n) is 35.9. The fourth-order valence-electron chi connectivity index (χ4n) is 10.3. The minimum absolute atomic E-state index is 0.0386. The van der Waals surface area contributed by atoms with E-state index in [-0.39, 0.29) is 42.6 Å². The van der Waals surface area contributed by atoms with E-state index in [1.54, 1.807) is 117 Å². The quantitative estimate of drug-likeness (QED) is 0.0100. The number of thioether (sulfide) groups is 2. The molecule has 0 aliphatic rings. The van der Waals surface area contributed by atoms with Crippen LogP contribution in [-0.4, -0.2) is 84.5 Å². The fraction of sp³-hybridized carbons (Fsp3) is 0.287. The molecule has 13 N–H and O–H groups in total. The van der Waals surface area contributed by atoms with Crippen LogP contribution in [0.1, 0.15) is 122 Å². The van der Waals surface area contributed by atoms with Crippen molar-refractivity contribution in [2.24, 2.45) is 27.6 Å². The van der Waals surface area contributed by atoms with E-state index in [0.29, 0.717) is 99.7 Å². The Morgan fingerprint density at radius 3 is 1.09 bits per heavy atom. The van der Waals surface area contributed by atoms with E-state index >= 15 is 0 Å². The number of para-hydroxylation sites is 4. The minimum atomic E-state index is -4.07. The second-order valence-electron chi connectivity index (χ2n) is 25.9. The van der Waals surface area contributed by atoms with Gasteiger partial charge in [-0.15, -0.1) is 0 Å². The van der Waals surface area contributed by atoms with Crippen LogP contribution in [0.15, 0.2) is 237 Å². The highest BCUT2D eigenvalue weighted by Gasteiger charge is 2.29. The number of rotatable bonds is 36. The molecule has 8 aromatic carbocycles. The van der Waals surface area contributed by atoms with Crippen molar-refractivity contribution in [2.45, 2.75) is 147 Å².